The number of anilines is 1. The van der Waals surface area contributed by atoms with E-state index in [-0.39, 0.29) is 11.9 Å². The molecule has 0 spiro atoms. The Labute approximate surface area is 156 Å². The highest BCUT2D eigenvalue weighted by atomic mass is 16.3. The third-order valence-corrected chi connectivity index (χ3v) is 4.67. The first kappa shape index (κ1) is 17.1. The third-order valence-electron chi connectivity index (χ3n) is 4.67. The maximum Gasteiger partial charge on any atom is 0.321 e. The molecule has 7 heteroatoms. The molecule has 1 aliphatic rings. The predicted molar refractivity (Wildman–Crippen MR) is 102 cm³/mol. The Morgan fingerprint density at radius 3 is 2.59 bits per heavy atom. The highest BCUT2D eigenvalue weighted by molar-refractivity contribution is 5.97. The smallest absolute Gasteiger partial charge is 0.321 e. The van der Waals surface area contributed by atoms with Crippen molar-refractivity contribution in [3.8, 4) is 0 Å². The average molecular weight is 364 g/mol. The molecule has 1 saturated heterocycles. The normalized spacial score (nSPS) is 14.8. The number of aromatic nitrogens is 1. The lowest BCUT2D eigenvalue weighted by Gasteiger charge is -2.22. The summed E-state index contributed by atoms with van der Waals surface area (Å²) in [5, 5.41) is 2.90. The summed E-state index contributed by atoms with van der Waals surface area (Å²) >= 11 is 0. The summed E-state index contributed by atoms with van der Waals surface area (Å²) in [6.45, 7) is 2.22. The first-order chi connectivity index (χ1) is 13.2. The molecular formula is C20H20N4O3. The Bertz CT molecular complexity index is 954. The first-order valence-corrected chi connectivity index (χ1v) is 8.94. The largest absolute Gasteiger partial charge is 0.443 e. The van der Waals surface area contributed by atoms with Crippen molar-refractivity contribution in [3.05, 3.63) is 60.5 Å². The van der Waals surface area contributed by atoms with Gasteiger partial charge >= 0.3 is 6.03 Å². The number of hydrogen-bond donors (Lipinski definition) is 1. The average Bonchev–Trinajstić information content (AvgIpc) is 3.02. The molecule has 1 fully saturated rings. The zero-order valence-corrected chi connectivity index (χ0v) is 14.8. The molecule has 2 heterocycles. The molecule has 0 aliphatic carbocycles. The molecule has 2 aromatic carbocycles. The lowest BCUT2D eigenvalue weighted by Crippen LogP contribution is -2.39. The molecule has 1 aliphatic heterocycles. The molecule has 7 nitrogen and oxygen atoms in total. The zero-order valence-electron chi connectivity index (χ0n) is 14.8. The van der Waals surface area contributed by atoms with E-state index in [0.29, 0.717) is 37.3 Å². The van der Waals surface area contributed by atoms with Crippen molar-refractivity contribution in [2.24, 2.45) is 0 Å². The van der Waals surface area contributed by atoms with Crippen LogP contribution in [-0.2, 0) is 0 Å². The van der Waals surface area contributed by atoms with Gasteiger partial charge in [0.15, 0.2) is 12.0 Å². The van der Waals surface area contributed by atoms with Crippen LogP contribution in [0.2, 0.25) is 0 Å². The van der Waals surface area contributed by atoms with Crippen LogP contribution in [0, 0.1) is 0 Å². The highest BCUT2D eigenvalue weighted by Crippen LogP contribution is 2.17. The summed E-state index contributed by atoms with van der Waals surface area (Å²) < 4.78 is 5.28. The van der Waals surface area contributed by atoms with Crippen LogP contribution in [0.5, 0.6) is 0 Å². The van der Waals surface area contributed by atoms with Crippen LogP contribution in [0.3, 0.4) is 0 Å². The molecule has 27 heavy (non-hydrogen) atoms. The Hall–Kier alpha value is -3.35. The molecule has 0 unspecified atom stereocenters. The SMILES string of the molecule is O=C(Nc1ccccc1)N1CCCN(C(=O)c2ccc3ncoc3c2)CC1. The van der Waals surface area contributed by atoms with E-state index in [1.807, 2.05) is 30.3 Å². The standard InChI is InChI=1S/C20H20N4O3/c25-19(15-7-8-17-18(13-15)27-14-21-17)23-9-4-10-24(12-11-23)20(26)22-16-5-2-1-3-6-16/h1-3,5-8,13-14H,4,9-12H2,(H,22,26). The van der Waals surface area contributed by atoms with Gasteiger partial charge in [0.2, 0.25) is 0 Å². The van der Waals surface area contributed by atoms with E-state index >= 15 is 0 Å². The fraction of sp³-hybridized carbons (Fsp3) is 0.250. The van der Waals surface area contributed by atoms with E-state index < -0.39 is 0 Å². The van der Waals surface area contributed by atoms with Crippen molar-refractivity contribution >= 4 is 28.7 Å². The first-order valence-electron chi connectivity index (χ1n) is 8.94. The van der Waals surface area contributed by atoms with Gasteiger partial charge in [-0.3, -0.25) is 4.79 Å². The van der Waals surface area contributed by atoms with Crippen molar-refractivity contribution < 1.29 is 14.0 Å². The molecule has 4 rings (SSSR count). The van der Waals surface area contributed by atoms with Gasteiger partial charge < -0.3 is 19.5 Å². The van der Waals surface area contributed by atoms with Crippen molar-refractivity contribution in [2.45, 2.75) is 6.42 Å². The molecule has 3 aromatic rings. The molecule has 138 valence electrons. The van der Waals surface area contributed by atoms with Crippen LogP contribution in [0.1, 0.15) is 16.8 Å². The number of amides is 3. The topological polar surface area (TPSA) is 78.7 Å². The third kappa shape index (κ3) is 3.76. The fourth-order valence-corrected chi connectivity index (χ4v) is 3.22. The molecule has 0 radical (unpaired) electrons. The lowest BCUT2D eigenvalue weighted by atomic mass is 10.1. The quantitative estimate of drug-likeness (QED) is 0.757. The van der Waals surface area contributed by atoms with Crippen LogP contribution >= 0.6 is 0 Å². The van der Waals surface area contributed by atoms with Crippen LogP contribution in [-0.4, -0.2) is 52.9 Å². The monoisotopic (exact) mass is 364 g/mol. The summed E-state index contributed by atoms with van der Waals surface area (Å²) in [7, 11) is 0. The number of rotatable bonds is 2. The summed E-state index contributed by atoms with van der Waals surface area (Å²) in [4.78, 5) is 32.9. The van der Waals surface area contributed by atoms with E-state index in [0.717, 1.165) is 17.6 Å². The van der Waals surface area contributed by atoms with E-state index in [9.17, 15) is 9.59 Å². The molecule has 1 N–H and O–H groups in total. The van der Waals surface area contributed by atoms with Gasteiger partial charge in [0.05, 0.1) is 0 Å². The van der Waals surface area contributed by atoms with Crippen molar-refractivity contribution in [2.75, 3.05) is 31.5 Å². The van der Waals surface area contributed by atoms with Gasteiger partial charge in [0.1, 0.15) is 5.52 Å². The number of carbonyl (C=O) groups is 2. The molecule has 0 atom stereocenters. The summed E-state index contributed by atoms with van der Waals surface area (Å²) in [5.41, 5.74) is 2.66. The minimum atomic E-state index is -0.140. The molecule has 1 aromatic heterocycles. The second kappa shape index (κ2) is 7.49. The number of hydrogen-bond acceptors (Lipinski definition) is 4. The molecular weight excluding hydrogens is 344 g/mol. The van der Waals surface area contributed by atoms with Gasteiger partial charge in [0, 0.05) is 37.4 Å². The Morgan fingerprint density at radius 1 is 0.963 bits per heavy atom. The number of benzene rings is 2. The number of nitrogens with one attached hydrogen (secondary N) is 1. The van der Waals surface area contributed by atoms with Crippen molar-refractivity contribution in [3.63, 3.8) is 0 Å². The second-order valence-corrected chi connectivity index (χ2v) is 6.46. The van der Waals surface area contributed by atoms with Crippen molar-refractivity contribution in [1.29, 1.82) is 0 Å². The van der Waals surface area contributed by atoms with Gasteiger partial charge in [-0.15, -0.1) is 0 Å². The van der Waals surface area contributed by atoms with E-state index in [4.69, 9.17) is 4.42 Å². The fourth-order valence-electron chi connectivity index (χ4n) is 3.22. The number of carbonyl (C=O) groups excluding carboxylic acids is 2. The summed E-state index contributed by atoms with van der Waals surface area (Å²) in [5.74, 6) is -0.0568. The molecule has 0 saturated carbocycles. The van der Waals surface area contributed by atoms with Crippen LogP contribution in [0.15, 0.2) is 59.3 Å². The van der Waals surface area contributed by atoms with Crippen molar-refractivity contribution in [1.82, 2.24) is 14.8 Å². The van der Waals surface area contributed by atoms with Crippen LogP contribution in [0.4, 0.5) is 10.5 Å². The maximum absolute atomic E-state index is 12.8. The number of fused-ring (bicyclic) bond motifs is 1. The molecule has 3 amide bonds. The maximum atomic E-state index is 12.8. The Morgan fingerprint density at radius 2 is 1.74 bits per heavy atom. The Kier molecular flexibility index (Phi) is 4.74. The number of para-hydroxylation sites is 1. The highest BCUT2D eigenvalue weighted by Gasteiger charge is 2.23. The minimum absolute atomic E-state index is 0.0568. The van der Waals surface area contributed by atoms with E-state index in [2.05, 4.69) is 10.3 Å². The zero-order chi connectivity index (χ0) is 18.6. The number of urea groups is 1. The minimum Gasteiger partial charge on any atom is -0.443 e. The van der Waals surface area contributed by atoms with Crippen LogP contribution in [0.25, 0.3) is 11.1 Å². The summed E-state index contributed by atoms with van der Waals surface area (Å²) in [6.07, 6.45) is 2.10. The lowest BCUT2D eigenvalue weighted by molar-refractivity contribution is 0.0762. The number of nitrogens with zero attached hydrogens (tertiary/aromatic N) is 3. The van der Waals surface area contributed by atoms with E-state index in [1.54, 1.807) is 28.0 Å². The van der Waals surface area contributed by atoms with Gasteiger partial charge in [0.25, 0.3) is 5.91 Å². The predicted octanol–water partition coefficient (Wildman–Crippen LogP) is 3.21. The van der Waals surface area contributed by atoms with Gasteiger partial charge in [-0.1, -0.05) is 18.2 Å². The number of oxazole rings is 1. The Balaban J connectivity index is 1.40. The van der Waals surface area contributed by atoms with Gasteiger partial charge in [-0.25, -0.2) is 9.78 Å². The van der Waals surface area contributed by atoms with E-state index in [1.165, 1.54) is 6.39 Å². The van der Waals surface area contributed by atoms with Crippen LogP contribution < -0.4 is 5.32 Å². The second-order valence-electron chi connectivity index (χ2n) is 6.46. The summed E-state index contributed by atoms with van der Waals surface area (Å²) in [6, 6.07) is 14.5. The van der Waals surface area contributed by atoms with Gasteiger partial charge in [-0.2, -0.15) is 0 Å². The molecule has 0 bridgehead atoms. The van der Waals surface area contributed by atoms with Gasteiger partial charge in [-0.05, 0) is 36.8 Å².